The minimum absolute atomic E-state index is 0.0637. The van der Waals surface area contributed by atoms with Crippen molar-refractivity contribution >= 4 is 45.9 Å². The largest absolute Gasteiger partial charge is 0.462 e. The molecule has 2 amide bonds. The number of hydrogen-bond donors (Lipinski definition) is 2. The van der Waals surface area contributed by atoms with Gasteiger partial charge in [-0.05, 0) is 74.8 Å². The van der Waals surface area contributed by atoms with Crippen molar-refractivity contribution in [2.45, 2.75) is 64.6 Å². The Morgan fingerprint density at radius 3 is 2.58 bits per heavy atom. The summed E-state index contributed by atoms with van der Waals surface area (Å²) in [6.07, 6.45) is 4.07. The maximum atomic E-state index is 13.2. The van der Waals surface area contributed by atoms with Crippen LogP contribution in [0.4, 0.5) is 5.00 Å². The van der Waals surface area contributed by atoms with Crippen molar-refractivity contribution in [3.8, 4) is 5.69 Å². The van der Waals surface area contributed by atoms with Gasteiger partial charge in [0.1, 0.15) is 5.00 Å². The van der Waals surface area contributed by atoms with Gasteiger partial charge in [0.25, 0.3) is 0 Å². The molecule has 0 aliphatic heterocycles. The number of ether oxygens (including phenoxy) is 1. The molecular formula is C32H35N5O4S2. The van der Waals surface area contributed by atoms with Crippen LogP contribution in [0.2, 0.25) is 0 Å². The molecule has 0 fully saturated rings. The van der Waals surface area contributed by atoms with Crippen LogP contribution in [0.25, 0.3) is 5.69 Å². The van der Waals surface area contributed by atoms with Gasteiger partial charge in [0, 0.05) is 4.88 Å². The fraction of sp³-hybridized carbons (Fsp3) is 0.344. The van der Waals surface area contributed by atoms with Gasteiger partial charge in [0.15, 0.2) is 11.0 Å². The van der Waals surface area contributed by atoms with E-state index in [0.29, 0.717) is 21.5 Å². The number of fused-ring (bicyclic) bond motifs is 1. The number of anilines is 1. The summed E-state index contributed by atoms with van der Waals surface area (Å²) >= 11 is 2.72. The Kier molecular flexibility index (Phi) is 9.93. The van der Waals surface area contributed by atoms with Crippen LogP contribution in [-0.4, -0.2) is 44.9 Å². The first-order chi connectivity index (χ1) is 20.9. The van der Waals surface area contributed by atoms with Crippen molar-refractivity contribution in [3.05, 3.63) is 87.0 Å². The van der Waals surface area contributed by atoms with E-state index < -0.39 is 5.97 Å². The number of carbonyl (C=O) groups is 3. The van der Waals surface area contributed by atoms with Crippen molar-refractivity contribution in [1.82, 2.24) is 20.1 Å². The number of esters is 1. The predicted octanol–water partition coefficient (Wildman–Crippen LogP) is 5.59. The Labute approximate surface area is 259 Å². The second-order valence-corrected chi connectivity index (χ2v) is 12.4. The molecule has 0 spiro atoms. The molecule has 0 radical (unpaired) electrons. The summed E-state index contributed by atoms with van der Waals surface area (Å²) in [5.74, 6) is -0.130. The van der Waals surface area contributed by atoms with E-state index in [2.05, 4.69) is 20.8 Å². The lowest BCUT2D eigenvalue weighted by Crippen LogP contribution is -2.26. The van der Waals surface area contributed by atoms with Gasteiger partial charge >= 0.3 is 5.97 Å². The third-order valence-electron chi connectivity index (χ3n) is 7.40. The molecule has 0 bridgehead atoms. The summed E-state index contributed by atoms with van der Waals surface area (Å²) in [6.45, 7) is 6.30. The number of thiophene rings is 1. The first kappa shape index (κ1) is 30.5. The fourth-order valence-electron chi connectivity index (χ4n) is 5.12. The van der Waals surface area contributed by atoms with Crippen molar-refractivity contribution < 1.29 is 19.1 Å². The monoisotopic (exact) mass is 617 g/mol. The Morgan fingerprint density at radius 2 is 1.79 bits per heavy atom. The Balaban J connectivity index is 1.33. The summed E-state index contributed by atoms with van der Waals surface area (Å²) in [5.41, 5.74) is 5.46. The van der Waals surface area contributed by atoms with Gasteiger partial charge in [-0.1, -0.05) is 54.2 Å². The lowest BCUT2D eigenvalue weighted by molar-refractivity contribution is -0.120. The number of nitrogens with zero attached hydrogens (tertiary/aromatic N) is 3. The number of aryl methyl sites for hydroxylation is 2. The molecular weight excluding hydrogens is 583 g/mol. The van der Waals surface area contributed by atoms with E-state index in [4.69, 9.17) is 4.74 Å². The minimum atomic E-state index is -0.390. The summed E-state index contributed by atoms with van der Waals surface area (Å²) in [4.78, 5) is 39.8. The highest BCUT2D eigenvalue weighted by molar-refractivity contribution is 7.99. The number of nitrogens with one attached hydrogen (secondary N) is 2. The molecule has 0 atom stereocenters. The number of hydrogen-bond acceptors (Lipinski definition) is 8. The van der Waals surface area contributed by atoms with Gasteiger partial charge in [-0.3, -0.25) is 14.2 Å². The van der Waals surface area contributed by atoms with Crippen molar-refractivity contribution in [2.24, 2.45) is 0 Å². The topological polar surface area (TPSA) is 115 Å². The molecule has 0 saturated heterocycles. The maximum absolute atomic E-state index is 13.2. The number of benzene rings is 2. The van der Waals surface area contributed by atoms with E-state index in [-0.39, 0.29) is 37.1 Å². The molecule has 1 aliphatic carbocycles. The van der Waals surface area contributed by atoms with E-state index in [1.54, 1.807) is 6.92 Å². The molecule has 2 aromatic heterocycles. The zero-order valence-electron chi connectivity index (χ0n) is 24.6. The van der Waals surface area contributed by atoms with Crippen LogP contribution in [0.3, 0.4) is 0 Å². The molecule has 0 unspecified atom stereocenters. The predicted molar refractivity (Wildman–Crippen MR) is 169 cm³/mol. The number of carbonyl (C=O) groups excluding carboxylic acids is 3. The normalized spacial score (nSPS) is 12.4. The number of rotatable bonds is 11. The van der Waals surface area contributed by atoms with Crippen LogP contribution in [0.5, 0.6) is 0 Å². The second-order valence-electron chi connectivity index (χ2n) is 10.4. The second kappa shape index (κ2) is 14.0. The number of aromatic nitrogens is 3. The first-order valence-corrected chi connectivity index (χ1v) is 16.2. The summed E-state index contributed by atoms with van der Waals surface area (Å²) < 4.78 is 7.22. The Morgan fingerprint density at radius 1 is 1.00 bits per heavy atom. The van der Waals surface area contributed by atoms with E-state index in [9.17, 15) is 14.4 Å². The molecule has 0 saturated carbocycles. The van der Waals surface area contributed by atoms with Gasteiger partial charge < -0.3 is 15.4 Å². The summed E-state index contributed by atoms with van der Waals surface area (Å²) in [6, 6.07) is 15.5. The quantitative estimate of drug-likeness (QED) is 0.167. The standard InChI is InChI=1S/C32H35N5O4S2/c1-4-41-31(40)29-23-14-8-9-16-25(23)43-30(29)34-28(39)19-42-32-36-35-26(37(32)24-15-10-11-20(2)21(24)3)18-33-27(38)17-22-12-6-5-7-13-22/h5-7,10-13,15H,4,8-9,14,16-19H2,1-3H3,(H,33,38)(H,34,39). The zero-order valence-corrected chi connectivity index (χ0v) is 26.2. The van der Waals surface area contributed by atoms with Crippen LogP contribution >= 0.6 is 23.1 Å². The molecule has 4 aromatic rings. The molecule has 43 heavy (non-hydrogen) atoms. The Hall–Kier alpha value is -3.96. The number of amides is 2. The van der Waals surface area contributed by atoms with Gasteiger partial charge in [-0.25, -0.2) is 4.79 Å². The van der Waals surface area contributed by atoms with Gasteiger partial charge in [0.05, 0.1) is 36.6 Å². The average Bonchev–Trinajstić information content (AvgIpc) is 3.57. The number of thioether (sulfide) groups is 1. The highest BCUT2D eigenvalue weighted by atomic mass is 32.2. The van der Waals surface area contributed by atoms with Crippen molar-refractivity contribution in [1.29, 1.82) is 0 Å². The van der Waals surface area contributed by atoms with Crippen LogP contribution in [0, 0.1) is 13.8 Å². The molecule has 224 valence electrons. The molecule has 1 aliphatic rings. The van der Waals surface area contributed by atoms with Gasteiger partial charge in [-0.15, -0.1) is 21.5 Å². The van der Waals surface area contributed by atoms with E-state index >= 15 is 0 Å². The maximum Gasteiger partial charge on any atom is 0.341 e. The molecule has 9 nitrogen and oxygen atoms in total. The molecule has 5 rings (SSSR count). The molecule has 2 aromatic carbocycles. The molecule has 11 heteroatoms. The van der Waals surface area contributed by atoms with Gasteiger partial charge in [-0.2, -0.15) is 0 Å². The summed E-state index contributed by atoms with van der Waals surface area (Å²) in [5, 5.41) is 15.8. The SMILES string of the molecule is CCOC(=O)c1c(NC(=O)CSc2nnc(CNC(=O)Cc3ccccc3)n2-c2cccc(C)c2C)sc2c1CCCC2. The third kappa shape index (κ3) is 7.17. The lowest BCUT2D eigenvalue weighted by Gasteiger charge is -2.15. The zero-order chi connectivity index (χ0) is 30.3. The van der Waals surface area contributed by atoms with Crippen molar-refractivity contribution in [3.63, 3.8) is 0 Å². The highest BCUT2D eigenvalue weighted by Crippen LogP contribution is 2.39. The van der Waals surface area contributed by atoms with Crippen molar-refractivity contribution in [2.75, 3.05) is 17.7 Å². The van der Waals surface area contributed by atoms with E-state index in [1.807, 2.05) is 66.9 Å². The van der Waals surface area contributed by atoms with E-state index in [0.717, 1.165) is 58.5 Å². The molecule has 2 N–H and O–H groups in total. The van der Waals surface area contributed by atoms with Crippen LogP contribution in [-0.2, 0) is 40.1 Å². The Bertz CT molecular complexity index is 1630. The van der Waals surface area contributed by atoms with Crippen LogP contribution < -0.4 is 10.6 Å². The van der Waals surface area contributed by atoms with Crippen LogP contribution in [0.1, 0.15) is 63.1 Å². The first-order valence-electron chi connectivity index (χ1n) is 14.4. The summed E-state index contributed by atoms with van der Waals surface area (Å²) in [7, 11) is 0. The average molecular weight is 618 g/mol. The fourth-order valence-corrected chi connectivity index (χ4v) is 7.17. The molecule has 2 heterocycles. The lowest BCUT2D eigenvalue weighted by atomic mass is 9.95. The highest BCUT2D eigenvalue weighted by Gasteiger charge is 2.27. The third-order valence-corrected chi connectivity index (χ3v) is 9.54. The smallest absolute Gasteiger partial charge is 0.341 e. The van der Waals surface area contributed by atoms with Crippen LogP contribution in [0.15, 0.2) is 53.7 Å². The minimum Gasteiger partial charge on any atom is -0.462 e. The van der Waals surface area contributed by atoms with E-state index in [1.165, 1.54) is 23.1 Å². The van der Waals surface area contributed by atoms with Gasteiger partial charge in [0.2, 0.25) is 11.8 Å².